The van der Waals surface area contributed by atoms with Crippen LogP contribution in [0.25, 0.3) is 11.2 Å². The minimum Gasteiger partial charge on any atom is -0.394 e. The van der Waals surface area contributed by atoms with Gasteiger partial charge in [0.2, 0.25) is 11.9 Å². The van der Waals surface area contributed by atoms with E-state index in [2.05, 4.69) is 24.9 Å². The van der Waals surface area contributed by atoms with Crippen LogP contribution in [0.3, 0.4) is 0 Å². The van der Waals surface area contributed by atoms with Crippen molar-refractivity contribution < 1.29 is 38.2 Å². The van der Waals surface area contributed by atoms with Gasteiger partial charge in [0, 0.05) is 12.8 Å². The number of H-pyrrole nitrogens is 1. The van der Waals surface area contributed by atoms with E-state index in [0.717, 1.165) is 10.9 Å². The number of phosphoric ester groups is 1. The third-order valence-electron chi connectivity index (χ3n) is 6.05. The lowest BCUT2D eigenvalue weighted by Crippen LogP contribution is -2.29. The Kier molecular flexibility index (Phi) is 7.01. The van der Waals surface area contributed by atoms with Gasteiger partial charge in [-0.2, -0.15) is 9.97 Å². The van der Waals surface area contributed by atoms with E-state index in [4.69, 9.17) is 30.0 Å². The summed E-state index contributed by atoms with van der Waals surface area (Å²) in [4.78, 5) is 51.9. The van der Waals surface area contributed by atoms with Crippen LogP contribution >= 0.6 is 7.82 Å². The molecule has 5 heterocycles. The normalized spacial score (nSPS) is 29.1. The van der Waals surface area contributed by atoms with E-state index in [1.165, 1.54) is 10.9 Å². The van der Waals surface area contributed by atoms with Gasteiger partial charge in [-0.25, -0.2) is 19.3 Å². The molecule has 0 aliphatic carbocycles. The number of phosphoric acid groups is 1. The third kappa shape index (κ3) is 5.18. The van der Waals surface area contributed by atoms with Crippen molar-refractivity contribution in [1.82, 2.24) is 34.1 Å². The Labute approximate surface area is 211 Å². The van der Waals surface area contributed by atoms with Crippen LogP contribution < -0.4 is 22.7 Å². The van der Waals surface area contributed by atoms with Gasteiger partial charge in [0.05, 0.1) is 25.6 Å². The summed E-state index contributed by atoms with van der Waals surface area (Å²) in [7, 11) is -4.76. The first-order valence-corrected chi connectivity index (χ1v) is 12.7. The number of hydrogen-bond donors (Lipinski definition) is 6. The molecule has 0 amide bonds. The molecule has 19 nitrogen and oxygen atoms in total. The predicted octanol–water partition coefficient (Wildman–Crippen LogP) is -2.63. The fourth-order valence-electron chi connectivity index (χ4n) is 4.26. The van der Waals surface area contributed by atoms with Crippen molar-refractivity contribution in [1.29, 1.82) is 0 Å². The van der Waals surface area contributed by atoms with E-state index >= 15 is 0 Å². The average Bonchev–Trinajstić information content (AvgIpc) is 3.54. The molecule has 2 aliphatic heterocycles. The highest BCUT2D eigenvalue weighted by molar-refractivity contribution is 7.47. The number of nitrogens with two attached hydrogens (primary N) is 2. The Bertz CT molecular complexity index is 1490. The maximum atomic E-state index is 12.7. The van der Waals surface area contributed by atoms with Crippen molar-refractivity contribution in [3.8, 4) is 0 Å². The molecule has 3 aromatic rings. The maximum Gasteiger partial charge on any atom is 0.472 e. The molecule has 5 rings (SSSR count). The summed E-state index contributed by atoms with van der Waals surface area (Å²) in [5.41, 5.74) is 9.82. The van der Waals surface area contributed by atoms with E-state index in [0.29, 0.717) is 0 Å². The lowest BCUT2D eigenvalue weighted by Gasteiger charge is -2.21. The van der Waals surface area contributed by atoms with E-state index in [1.54, 1.807) is 0 Å². The number of ether oxygens (including phenoxy) is 2. The molecule has 3 aromatic heterocycles. The Morgan fingerprint density at radius 3 is 2.55 bits per heavy atom. The molecule has 206 valence electrons. The molecule has 2 saturated heterocycles. The second-order valence-electron chi connectivity index (χ2n) is 8.57. The maximum absolute atomic E-state index is 12.7. The highest BCUT2D eigenvalue weighted by Gasteiger charge is 2.43. The Hall–Kier alpha value is -3.29. The smallest absolute Gasteiger partial charge is 0.394 e. The number of aliphatic hydroxyl groups is 2. The molecule has 0 radical (unpaired) electrons. The van der Waals surface area contributed by atoms with Crippen LogP contribution in [0.2, 0.25) is 0 Å². The number of nitrogen functional groups attached to an aromatic ring is 2. The zero-order valence-corrected chi connectivity index (χ0v) is 20.3. The number of aliphatic hydroxyl groups excluding tert-OH is 2. The first-order valence-electron chi connectivity index (χ1n) is 11.2. The predicted molar refractivity (Wildman–Crippen MR) is 124 cm³/mol. The zero-order chi connectivity index (χ0) is 27.2. The topological polar surface area (TPSA) is 278 Å². The van der Waals surface area contributed by atoms with Crippen LogP contribution in [-0.4, -0.2) is 86.8 Å². The number of anilines is 2. The molecule has 7 atom stereocenters. The van der Waals surface area contributed by atoms with E-state index in [-0.39, 0.29) is 35.9 Å². The first kappa shape index (κ1) is 26.3. The van der Waals surface area contributed by atoms with Crippen molar-refractivity contribution in [3.63, 3.8) is 0 Å². The van der Waals surface area contributed by atoms with Gasteiger partial charge in [-0.15, -0.1) is 0 Å². The molecule has 0 aromatic carbocycles. The van der Waals surface area contributed by atoms with Crippen LogP contribution in [0.4, 0.5) is 11.9 Å². The SMILES string of the molecule is Nc1ncn([C@H]2CC(OP(=O)(O)OC[C@H]3O[C@@H](n4cnc5c(=O)[nH]c(N)nc54)C[C@@H]3O)[C@@H](CO)O2)c(=O)n1. The number of rotatable bonds is 8. The van der Waals surface area contributed by atoms with Crippen molar-refractivity contribution in [3.05, 3.63) is 33.5 Å². The number of hydrogen-bond acceptors (Lipinski definition) is 15. The summed E-state index contributed by atoms with van der Waals surface area (Å²) in [5.74, 6) is -0.369. The van der Waals surface area contributed by atoms with Crippen molar-refractivity contribution in [2.24, 2.45) is 0 Å². The molecule has 20 heteroatoms. The second kappa shape index (κ2) is 10.1. The lowest BCUT2D eigenvalue weighted by molar-refractivity contribution is -0.0565. The summed E-state index contributed by atoms with van der Waals surface area (Å²) in [6, 6.07) is 0. The first-order chi connectivity index (χ1) is 18.0. The van der Waals surface area contributed by atoms with Crippen molar-refractivity contribution in [2.75, 3.05) is 24.7 Å². The third-order valence-corrected chi connectivity index (χ3v) is 7.06. The lowest BCUT2D eigenvalue weighted by atomic mass is 10.2. The number of aromatic amines is 1. The number of nitrogens with one attached hydrogen (secondary N) is 1. The molecular formula is C18H24N9O10P. The molecule has 0 bridgehead atoms. The van der Waals surface area contributed by atoms with Gasteiger partial charge in [0.1, 0.15) is 37.1 Å². The van der Waals surface area contributed by atoms with Gasteiger partial charge in [-0.3, -0.25) is 28.0 Å². The molecule has 38 heavy (non-hydrogen) atoms. The Morgan fingerprint density at radius 2 is 1.82 bits per heavy atom. The van der Waals surface area contributed by atoms with Crippen molar-refractivity contribution in [2.45, 2.75) is 49.7 Å². The van der Waals surface area contributed by atoms with Gasteiger partial charge in [-0.05, 0) is 0 Å². The highest BCUT2D eigenvalue weighted by atomic mass is 31.2. The van der Waals surface area contributed by atoms with Crippen molar-refractivity contribution >= 4 is 30.9 Å². The monoisotopic (exact) mass is 557 g/mol. The standard InChI is InChI=1S/C18H24N9O10P/c19-16-22-6-27(18(31)25-16)12-2-8(9(3-28)35-12)37-38(32,33)34-4-10-7(29)1-11(36-10)26-5-21-13-14(26)23-17(20)24-15(13)30/h5-12,28-29H,1-4H2,(H,32,33)(H2,19,25,31)(H3,20,23,24,30)/t7-,8?,9+,10+,11+,12+/m0/s1. The fourth-order valence-corrected chi connectivity index (χ4v) is 5.22. The summed E-state index contributed by atoms with van der Waals surface area (Å²) < 4.78 is 36.6. The quantitative estimate of drug-likeness (QED) is 0.154. The van der Waals surface area contributed by atoms with E-state index in [9.17, 15) is 29.3 Å². The van der Waals surface area contributed by atoms with Gasteiger partial charge in [0.25, 0.3) is 5.56 Å². The van der Waals surface area contributed by atoms with Gasteiger partial charge in [-0.1, -0.05) is 0 Å². The number of imidazole rings is 1. The number of aromatic nitrogens is 7. The van der Waals surface area contributed by atoms with Crippen LogP contribution in [0.15, 0.2) is 22.2 Å². The zero-order valence-electron chi connectivity index (χ0n) is 19.4. The largest absolute Gasteiger partial charge is 0.472 e. The molecule has 0 spiro atoms. The molecule has 2 fully saturated rings. The van der Waals surface area contributed by atoms with Gasteiger partial charge >= 0.3 is 13.5 Å². The minimum absolute atomic E-state index is 0.0218. The van der Waals surface area contributed by atoms with E-state index < -0.39 is 69.2 Å². The number of fused-ring (bicyclic) bond motifs is 1. The molecule has 0 saturated carbocycles. The summed E-state index contributed by atoms with van der Waals surface area (Å²) in [6.45, 7) is -1.13. The highest BCUT2D eigenvalue weighted by Crippen LogP contribution is 2.49. The summed E-state index contributed by atoms with van der Waals surface area (Å²) in [6.07, 6.45) is -3.86. The van der Waals surface area contributed by atoms with Gasteiger partial charge < -0.3 is 36.0 Å². The van der Waals surface area contributed by atoms with Gasteiger partial charge in [0.15, 0.2) is 11.2 Å². The van der Waals surface area contributed by atoms with Crippen LogP contribution in [0, 0.1) is 0 Å². The minimum atomic E-state index is -4.76. The fraction of sp³-hybridized carbons (Fsp3) is 0.556. The molecule has 8 N–H and O–H groups in total. The second-order valence-corrected chi connectivity index (χ2v) is 9.97. The molecular weight excluding hydrogens is 533 g/mol. The summed E-state index contributed by atoms with van der Waals surface area (Å²) >= 11 is 0. The molecule has 2 aliphatic rings. The number of nitrogens with zero attached hydrogens (tertiary/aromatic N) is 6. The van der Waals surface area contributed by atoms with E-state index in [1.807, 2.05) is 0 Å². The van der Waals surface area contributed by atoms with Crippen LogP contribution in [0.5, 0.6) is 0 Å². The Morgan fingerprint density at radius 1 is 1.11 bits per heavy atom. The average molecular weight is 557 g/mol. The van der Waals surface area contributed by atoms with Crippen LogP contribution in [0.1, 0.15) is 25.3 Å². The molecule has 2 unspecified atom stereocenters. The Balaban J connectivity index is 1.22. The summed E-state index contributed by atoms with van der Waals surface area (Å²) in [5, 5.41) is 20.1. The van der Waals surface area contributed by atoms with Crippen LogP contribution in [-0.2, 0) is 23.1 Å².